The molecule has 0 aromatic heterocycles. The normalized spacial score (nSPS) is 9.92. The highest BCUT2D eigenvalue weighted by Crippen LogP contribution is 2.21. The number of hydrogen-bond acceptors (Lipinski definition) is 4. The summed E-state index contributed by atoms with van der Waals surface area (Å²) in [6, 6.07) is 9.36. The lowest BCUT2D eigenvalue weighted by Gasteiger charge is -2.08. The van der Waals surface area contributed by atoms with Crippen molar-refractivity contribution in [2.24, 2.45) is 0 Å². The van der Waals surface area contributed by atoms with E-state index in [9.17, 15) is 18.4 Å². The highest BCUT2D eigenvalue weighted by atomic mass is 35.5. The minimum Gasteiger partial charge on any atom is -0.452 e. The first-order valence-corrected chi connectivity index (χ1v) is 6.91. The first-order chi connectivity index (χ1) is 11.4. The fourth-order valence-corrected chi connectivity index (χ4v) is 1.99. The number of anilines is 1. The molecule has 0 saturated heterocycles. The van der Waals surface area contributed by atoms with Gasteiger partial charge in [0.1, 0.15) is 6.07 Å². The number of amides is 1. The minimum atomic E-state index is -1.27. The SMILES string of the molecule is N#Cc1ccccc1NC(=O)COC(=O)c1cc(F)c(F)cc1Cl. The number of nitriles is 1. The molecule has 0 aliphatic heterocycles. The number of carbonyl (C=O) groups excluding carboxylic acids is 2. The van der Waals surface area contributed by atoms with Crippen molar-refractivity contribution < 1.29 is 23.1 Å². The van der Waals surface area contributed by atoms with Crippen LogP contribution in [0.25, 0.3) is 0 Å². The van der Waals surface area contributed by atoms with Crippen molar-refractivity contribution in [3.63, 3.8) is 0 Å². The third-order valence-electron chi connectivity index (χ3n) is 2.89. The zero-order valence-electron chi connectivity index (χ0n) is 12.0. The second kappa shape index (κ2) is 7.53. The largest absolute Gasteiger partial charge is 0.452 e. The Morgan fingerprint density at radius 2 is 1.88 bits per heavy atom. The molecule has 0 spiro atoms. The topological polar surface area (TPSA) is 79.2 Å². The van der Waals surface area contributed by atoms with Gasteiger partial charge in [0.2, 0.25) is 0 Å². The van der Waals surface area contributed by atoms with Gasteiger partial charge >= 0.3 is 5.97 Å². The molecule has 0 aliphatic carbocycles. The summed E-state index contributed by atoms with van der Waals surface area (Å²) in [7, 11) is 0. The Morgan fingerprint density at radius 3 is 2.58 bits per heavy atom. The molecule has 2 rings (SSSR count). The second-order valence-corrected chi connectivity index (χ2v) is 4.94. The van der Waals surface area contributed by atoms with Gasteiger partial charge in [-0.15, -0.1) is 0 Å². The summed E-state index contributed by atoms with van der Waals surface area (Å²) in [5.74, 6) is -4.26. The van der Waals surface area contributed by atoms with E-state index in [-0.39, 0.29) is 16.3 Å². The Balaban J connectivity index is 2.00. The Kier molecular flexibility index (Phi) is 5.45. The average Bonchev–Trinajstić information content (AvgIpc) is 2.56. The Bertz CT molecular complexity index is 850. The molecule has 0 aliphatic rings. The van der Waals surface area contributed by atoms with Crippen molar-refractivity contribution in [3.8, 4) is 6.07 Å². The molecule has 1 amide bonds. The lowest BCUT2D eigenvalue weighted by molar-refractivity contribution is -0.119. The summed E-state index contributed by atoms with van der Waals surface area (Å²) in [5.41, 5.74) is 0.0912. The Labute approximate surface area is 140 Å². The van der Waals surface area contributed by atoms with Crippen LogP contribution in [0.4, 0.5) is 14.5 Å². The van der Waals surface area contributed by atoms with Crippen molar-refractivity contribution in [2.75, 3.05) is 11.9 Å². The first kappa shape index (κ1) is 17.4. The van der Waals surface area contributed by atoms with Crippen molar-refractivity contribution in [1.29, 1.82) is 5.26 Å². The highest BCUT2D eigenvalue weighted by molar-refractivity contribution is 6.33. The van der Waals surface area contributed by atoms with Gasteiger partial charge in [0, 0.05) is 0 Å². The van der Waals surface area contributed by atoms with Crippen molar-refractivity contribution in [1.82, 2.24) is 0 Å². The molecule has 0 saturated carbocycles. The average molecular weight is 351 g/mol. The molecule has 0 atom stereocenters. The number of halogens is 3. The van der Waals surface area contributed by atoms with E-state index in [1.165, 1.54) is 12.1 Å². The minimum absolute atomic E-state index is 0.237. The van der Waals surface area contributed by atoms with Gasteiger partial charge < -0.3 is 10.1 Å². The van der Waals surface area contributed by atoms with E-state index in [0.717, 1.165) is 0 Å². The summed E-state index contributed by atoms with van der Waals surface area (Å²) < 4.78 is 30.8. The molecule has 1 N–H and O–H groups in total. The van der Waals surface area contributed by atoms with Crippen LogP contribution in [0.15, 0.2) is 36.4 Å². The molecular formula is C16H9ClF2N2O3. The van der Waals surface area contributed by atoms with Crippen LogP contribution in [-0.2, 0) is 9.53 Å². The molecule has 0 fully saturated rings. The number of rotatable bonds is 4. The van der Waals surface area contributed by atoms with Crippen LogP contribution in [-0.4, -0.2) is 18.5 Å². The maximum Gasteiger partial charge on any atom is 0.340 e. The van der Waals surface area contributed by atoms with Crippen LogP contribution >= 0.6 is 11.6 Å². The molecule has 5 nitrogen and oxygen atoms in total. The van der Waals surface area contributed by atoms with Crippen molar-refractivity contribution in [2.45, 2.75) is 0 Å². The predicted octanol–water partition coefficient (Wildman–Crippen LogP) is 3.29. The number of esters is 1. The van der Waals surface area contributed by atoms with E-state index in [0.29, 0.717) is 12.1 Å². The van der Waals surface area contributed by atoms with Gasteiger partial charge in [-0.25, -0.2) is 13.6 Å². The molecular weight excluding hydrogens is 342 g/mol. The molecule has 0 radical (unpaired) electrons. The van der Waals surface area contributed by atoms with E-state index in [4.69, 9.17) is 21.6 Å². The van der Waals surface area contributed by atoms with Gasteiger partial charge in [-0.2, -0.15) is 5.26 Å². The molecule has 24 heavy (non-hydrogen) atoms. The van der Waals surface area contributed by atoms with Crippen LogP contribution in [0, 0.1) is 23.0 Å². The molecule has 0 heterocycles. The summed E-state index contributed by atoms with van der Waals surface area (Å²) in [4.78, 5) is 23.5. The first-order valence-electron chi connectivity index (χ1n) is 6.53. The fraction of sp³-hybridized carbons (Fsp3) is 0.0625. The number of nitrogens with zero attached hydrogens (tertiary/aromatic N) is 1. The lowest BCUT2D eigenvalue weighted by Crippen LogP contribution is -2.21. The fourth-order valence-electron chi connectivity index (χ4n) is 1.76. The molecule has 8 heteroatoms. The number of benzene rings is 2. The van der Waals surface area contributed by atoms with Crippen LogP contribution in [0.1, 0.15) is 15.9 Å². The summed E-state index contributed by atoms with van der Waals surface area (Å²) in [5, 5.41) is 11.0. The van der Waals surface area contributed by atoms with Gasteiger partial charge in [-0.05, 0) is 24.3 Å². The number of hydrogen-bond donors (Lipinski definition) is 1. The third kappa shape index (κ3) is 4.06. The standard InChI is InChI=1S/C16H9ClF2N2O3/c17-11-6-13(19)12(18)5-10(11)16(23)24-8-15(22)21-14-4-2-1-3-9(14)7-20/h1-6H,8H2,(H,21,22). The van der Waals surface area contributed by atoms with E-state index in [1.54, 1.807) is 12.1 Å². The van der Waals surface area contributed by atoms with Gasteiger partial charge in [0.15, 0.2) is 18.2 Å². The second-order valence-electron chi connectivity index (χ2n) is 4.53. The van der Waals surface area contributed by atoms with Gasteiger partial charge in [-0.1, -0.05) is 23.7 Å². The van der Waals surface area contributed by atoms with Crippen LogP contribution < -0.4 is 5.32 Å². The zero-order chi connectivity index (χ0) is 17.7. The monoisotopic (exact) mass is 350 g/mol. The highest BCUT2D eigenvalue weighted by Gasteiger charge is 2.17. The van der Waals surface area contributed by atoms with E-state index in [1.807, 2.05) is 6.07 Å². The Morgan fingerprint density at radius 1 is 1.21 bits per heavy atom. The maximum atomic E-state index is 13.1. The van der Waals surface area contributed by atoms with E-state index >= 15 is 0 Å². The molecule has 2 aromatic rings. The smallest absolute Gasteiger partial charge is 0.340 e. The maximum absolute atomic E-state index is 13.1. The lowest BCUT2D eigenvalue weighted by atomic mass is 10.2. The third-order valence-corrected chi connectivity index (χ3v) is 3.20. The Hall–Kier alpha value is -2.98. The van der Waals surface area contributed by atoms with E-state index < -0.39 is 35.7 Å². The van der Waals surface area contributed by atoms with E-state index in [2.05, 4.69) is 5.32 Å². The number of ether oxygens (including phenoxy) is 1. The van der Waals surface area contributed by atoms with Gasteiger partial charge in [0.05, 0.1) is 21.8 Å². The summed E-state index contributed by atoms with van der Waals surface area (Å²) in [6.07, 6.45) is 0. The molecule has 0 unspecified atom stereocenters. The summed E-state index contributed by atoms with van der Waals surface area (Å²) in [6.45, 7) is -0.687. The number of nitrogens with one attached hydrogen (secondary N) is 1. The van der Waals surface area contributed by atoms with Crippen LogP contribution in [0.5, 0.6) is 0 Å². The number of carbonyl (C=O) groups is 2. The van der Waals surface area contributed by atoms with Gasteiger partial charge in [-0.3, -0.25) is 4.79 Å². The molecule has 2 aromatic carbocycles. The van der Waals surface area contributed by atoms with Gasteiger partial charge in [0.25, 0.3) is 5.91 Å². The van der Waals surface area contributed by atoms with Crippen molar-refractivity contribution in [3.05, 3.63) is 64.2 Å². The van der Waals surface area contributed by atoms with Crippen molar-refractivity contribution >= 4 is 29.2 Å². The zero-order valence-corrected chi connectivity index (χ0v) is 12.7. The number of para-hydroxylation sites is 1. The predicted molar refractivity (Wildman–Crippen MR) is 81.4 cm³/mol. The summed E-state index contributed by atoms with van der Waals surface area (Å²) >= 11 is 5.64. The van der Waals surface area contributed by atoms with Crippen LogP contribution in [0.3, 0.4) is 0 Å². The van der Waals surface area contributed by atoms with Crippen LogP contribution in [0.2, 0.25) is 5.02 Å². The molecule has 0 bridgehead atoms. The molecule has 122 valence electrons. The quantitative estimate of drug-likeness (QED) is 0.678.